The van der Waals surface area contributed by atoms with E-state index in [1.807, 2.05) is 19.1 Å². The van der Waals surface area contributed by atoms with Crippen molar-refractivity contribution in [2.24, 2.45) is 0 Å². The zero-order chi connectivity index (χ0) is 16.2. The number of imidazole rings is 1. The Balaban J connectivity index is 1.81. The third-order valence-corrected chi connectivity index (χ3v) is 3.36. The molecule has 0 saturated carbocycles. The van der Waals surface area contributed by atoms with Crippen molar-refractivity contribution < 1.29 is 9.53 Å². The number of carbonyl (C=O) groups is 1. The van der Waals surface area contributed by atoms with Crippen LogP contribution in [-0.4, -0.2) is 31.9 Å². The summed E-state index contributed by atoms with van der Waals surface area (Å²) in [7, 11) is 0. The highest BCUT2D eigenvalue weighted by Crippen LogP contribution is 2.15. The van der Waals surface area contributed by atoms with Crippen molar-refractivity contribution in [2.75, 3.05) is 6.61 Å². The second kappa shape index (κ2) is 6.43. The second-order valence-corrected chi connectivity index (χ2v) is 4.92. The Hall–Kier alpha value is -2.96. The number of aryl methyl sites for hydroxylation is 1. The Morgan fingerprint density at radius 3 is 2.96 bits per heavy atom. The minimum absolute atomic E-state index is 0.214. The summed E-state index contributed by atoms with van der Waals surface area (Å²) < 4.78 is 7.14. The molecular formula is C16H17N5O2. The maximum absolute atomic E-state index is 12.5. The summed E-state index contributed by atoms with van der Waals surface area (Å²) in [5, 5.41) is 2.89. The molecule has 0 aliphatic rings. The number of nitrogens with one attached hydrogen (secondary N) is 1. The van der Waals surface area contributed by atoms with Gasteiger partial charge in [-0.05, 0) is 26.0 Å². The standard InChI is InChI=1S/C16H17N5O2/c1-3-23-15-12(6-4-7-17-15)10-19-14(22)13-11(2)20-16-18-8-5-9-21(13)16/h4-9H,3,10H2,1-2H3,(H,19,22). The first kappa shape index (κ1) is 15.0. The van der Waals surface area contributed by atoms with Crippen LogP contribution < -0.4 is 10.1 Å². The van der Waals surface area contributed by atoms with E-state index in [0.717, 1.165) is 5.56 Å². The van der Waals surface area contributed by atoms with Gasteiger partial charge in [-0.1, -0.05) is 6.07 Å². The van der Waals surface area contributed by atoms with Gasteiger partial charge >= 0.3 is 0 Å². The van der Waals surface area contributed by atoms with Gasteiger partial charge < -0.3 is 10.1 Å². The van der Waals surface area contributed by atoms with E-state index in [1.165, 1.54) is 0 Å². The van der Waals surface area contributed by atoms with E-state index in [-0.39, 0.29) is 5.91 Å². The molecule has 3 aromatic heterocycles. The van der Waals surface area contributed by atoms with Gasteiger partial charge in [-0.15, -0.1) is 0 Å². The first-order chi connectivity index (χ1) is 11.2. The monoisotopic (exact) mass is 311 g/mol. The molecule has 3 heterocycles. The van der Waals surface area contributed by atoms with Crippen LogP contribution in [0.3, 0.4) is 0 Å². The average molecular weight is 311 g/mol. The lowest BCUT2D eigenvalue weighted by molar-refractivity contribution is 0.0944. The first-order valence-electron chi connectivity index (χ1n) is 7.35. The summed E-state index contributed by atoms with van der Waals surface area (Å²) in [5.74, 6) is 0.827. The largest absolute Gasteiger partial charge is 0.478 e. The van der Waals surface area contributed by atoms with Crippen LogP contribution in [-0.2, 0) is 6.54 Å². The van der Waals surface area contributed by atoms with Gasteiger partial charge in [0.2, 0.25) is 11.7 Å². The van der Waals surface area contributed by atoms with Gasteiger partial charge in [-0.25, -0.2) is 15.0 Å². The van der Waals surface area contributed by atoms with Crippen molar-refractivity contribution >= 4 is 11.7 Å². The quantitative estimate of drug-likeness (QED) is 0.776. The van der Waals surface area contributed by atoms with Gasteiger partial charge in [-0.3, -0.25) is 9.20 Å². The predicted octanol–water partition coefficient (Wildman–Crippen LogP) is 1.76. The Morgan fingerprint density at radius 2 is 2.13 bits per heavy atom. The van der Waals surface area contributed by atoms with E-state index in [4.69, 9.17) is 4.74 Å². The predicted molar refractivity (Wildman–Crippen MR) is 84.3 cm³/mol. The smallest absolute Gasteiger partial charge is 0.270 e. The van der Waals surface area contributed by atoms with E-state index in [0.29, 0.717) is 36.2 Å². The topological polar surface area (TPSA) is 81.4 Å². The van der Waals surface area contributed by atoms with Gasteiger partial charge in [0.05, 0.1) is 12.3 Å². The van der Waals surface area contributed by atoms with Crippen molar-refractivity contribution in [3.8, 4) is 5.88 Å². The summed E-state index contributed by atoms with van der Waals surface area (Å²) in [4.78, 5) is 25.1. The lowest BCUT2D eigenvalue weighted by Crippen LogP contribution is -2.25. The van der Waals surface area contributed by atoms with E-state index in [9.17, 15) is 4.79 Å². The normalized spacial score (nSPS) is 10.7. The van der Waals surface area contributed by atoms with Crippen molar-refractivity contribution in [2.45, 2.75) is 20.4 Å². The fourth-order valence-corrected chi connectivity index (χ4v) is 2.36. The third-order valence-electron chi connectivity index (χ3n) is 3.36. The SMILES string of the molecule is CCOc1ncccc1CNC(=O)c1c(C)nc2ncccn12. The number of amides is 1. The lowest BCUT2D eigenvalue weighted by Gasteiger charge is -2.10. The number of rotatable bonds is 5. The summed E-state index contributed by atoms with van der Waals surface area (Å²) in [5.41, 5.74) is 1.94. The fourth-order valence-electron chi connectivity index (χ4n) is 2.36. The van der Waals surface area contributed by atoms with Gasteiger partial charge in [0.15, 0.2) is 0 Å². The van der Waals surface area contributed by atoms with Crippen LogP contribution in [0.4, 0.5) is 0 Å². The molecule has 0 aliphatic carbocycles. The van der Waals surface area contributed by atoms with E-state index in [1.54, 1.807) is 36.0 Å². The minimum atomic E-state index is -0.214. The van der Waals surface area contributed by atoms with Crippen molar-refractivity contribution in [3.05, 3.63) is 53.7 Å². The van der Waals surface area contributed by atoms with Gasteiger partial charge in [0, 0.05) is 30.7 Å². The van der Waals surface area contributed by atoms with Crippen LogP contribution in [0.15, 0.2) is 36.8 Å². The Kier molecular flexibility index (Phi) is 4.18. The fraction of sp³-hybridized carbons (Fsp3) is 0.250. The van der Waals surface area contributed by atoms with E-state index in [2.05, 4.69) is 20.3 Å². The summed E-state index contributed by atoms with van der Waals surface area (Å²) >= 11 is 0. The molecule has 0 bridgehead atoms. The highest BCUT2D eigenvalue weighted by atomic mass is 16.5. The Morgan fingerprint density at radius 1 is 1.30 bits per heavy atom. The molecule has 23 heavy (non-hydrogen) atoms. The summed E-state index contributed by atoms with van der Waals surface area (Å²) in [6, 6.07) is 5.45. The van der Waals surface area contributed by atoms with Crippen LogP contribution >= 0.6 is 0 Å². The van der Waals surface area contributed by atoms with Crippen LogP contribution in [0.25, 0.3) is 5.78 Å². The molecule has 0 saturated heterocycles. The summed E-state index contributed by atoms with van der Waals surface area (Å²) in [6.45, 7) is 4.54. The molecule has 0 unspecified atom stereocenters. The zero-order valence-electron chi connectivity index (χ0n) is 13.0. The molecule has 0 fully saturated rings. The highest BCUT2D eigenvalue weighted by molar-refractivity contribution is 5.94. The lowest BCUT2D eigenvalue weighted by atomic mass is 10.2. The number of carbonyl (C=O) groups excluding carboxylic acids is 1. The molecule has 118 valence electrons. The molecule has 0 spiro atoms. The van der Waals surface area contributed by atoms with Gasteiger partial charge in [0.25, 0.3) is 5.91 Å². The van der Waals surface area contributed by atoms with E-state index < -0.39 is 0 Å². The number of aromatic nitrogens is 4. The number of nitrogens with zero attached hydrogens (tertiary/aromatic N) is 4. The molecule has 1 N–H and O–H groups in total. The van der Waals surface area contributed by atoms with Crippen LogP contribution in [0.1, 0.15) is 28.7 Å². The molecule has 3 rings (SSSR count). The average Bonchev–Trinajstić information content (AvgIpc) is 2.90. The second-order valence-electron chi connectivity index (χ2n) is 4.92. The molecule has 3 aromatic rings. The van der Waals surface area contributed by atoms with Gasteiger partial charge in [-0.2, -0.15) is 0 Å². The molecule has 0 aromatic carbocycles. The molecule has 1 amide bonds. The minimum Gasteiger partial charge on any atom is -0.478 e. The van der Waals surface area contributed by atoms with Crippen molar-refractivity contribution in [3.63, 3.8) is 0 Å². The van der Waals surface area contributed by atoms with Crippen LogP contribution in [0, 0.1) is 6.92 Å². The van der Waals surface area contributed by atoms with Gasteiger partial charge in [0.1, 0.15) is 5.69 Å². The molecule has 7 heteroatoms. The van der Waals surface area contributed by atoms with Crippen LogP contribution in [0.5, 0.6) is 5.88 Å². The maximum atomic E-state index is 12.5. The van der Waals surface area contributed by atoms with Crippen LogP contribution in [0.2, 0.25) is 0 Å². The third kappa shape index (κ3) is 2.98. The Bertz CT molecular complexity index is 843. The summed E-state index contributed by atoms with van der Waals surface area (Å²) in [6.07, 6.45) is 5.08. The van der Waals surface area contributed by atoms with E-state index >= 15 is 0 Å². The number of hydrogen-bond acceptors (Lipinski definition) is 5. The molecule has 0 radical (unpaired) electrons. The Labute approximate surface area is 133 Å². The van der Waals surface area contributed by atoms with Crippen molar-refractivity contribution in [1.29, 1.82) is 0 Å². The number of pyridine rings is 1. The first-order valence-corrected chi connectivity index (χ1v) is 7.35. The number of hydrogen-bond donors (Lipinski definition) is 1. The maximum Gasteiger partial charge on any atom is 0.270 e. The highest BCUT2D eigenvalue weighted by Gasteiger charge is 2.17. The van der Waals surface area contributed by atoms with Crippen molar-refractivity contribution in [1.82, 2.24) is 24.7 Å². The molecular weight excluding hydrogens is 294 g/mol. The molecule has 0 aliphatic heterocycles. The zero-order valence-corrected chi connectivity index (χ0v) is 13.0. The molecule has 0 atom stereocenters. The molecule has 7 nitrogen and oxygen atoms in total. The number of fused-ring (bicyclic) bond motifs is 1. The number of ether oxygens (including phenoxy) is 1.